The summed E-state index contributed by atoms with van der Waals surface area (Å²) in [6.07, 6.45) is -0.0806. The van der Waals surface area contributed by atoms with Gasteiger partial charge in [-0.2, -0.15) is 0 Å². The lowest BCUT2D eigenvalue weighted by molar-refractivity contribution is 0.0652. The maximum absolute atomic E-state index is 12.2. The molecule has 0 aromatic carbocycles. The molecule has 2 aromatic rings. The molecule has 0 fully saturated rings. The molecule has 23 heavy (non-hydrogen) atoms. The number of carboxylic acids is 1. The predicted octanol–water partition coefficient (Wildman–Crippen LogP) is 2.80. The van der Waals surface area contributed by atoms with E-state index in [9.17, 15) is 9.59 Å². The number of rotatable bonds is 7. The summed E-state index contributed by atoms with van der Waals surface area (Å²) in [5.74, 6) is -1.88. The third-order valence-corrected chi connectivity index (χ3v) is 4.16. The topological polar surface area (TPSA) is 92.9 Å². The van der Waals surface area contributed by atoms with E-state index in [1.165, 1.54) is 28.4 Å². The Kier molecular flexibility index (Phi) is 5.51. The molecule has 2 heterocycles. The first kappa shape index (κ1) is 17.2. The molecule has 124 valence electrons. The SMILES string of the molecule is CCOC(C)c1nc(CN(C)C(=O)c2ccc(C(=O)O)o2)cs1. The molecule has 0 radical (unpaired) electrons. The van der Waals surface area contributed by atoms with E-state index in [0.29, 0.717) is 13.2 Å². The van der Waals surface area contributed by atoms with Crippen LogP contribution >= 0.6 is 11.3 Å². The fourth-order valence-corrected chi connectivity index (χ4v) is 2.79. The highest BCUT2D eigenvalue weighted by Gasteiger charge is 2.20. The van der Waals surface area contributed by atoms with Crippen LogP contribution in [-0.2, 0) is 11.3 Å². The Balaban J connectivity index is 2.01. The van der Waals surface area contributed by atoms with Gasteiger partial charge in [0.15, 0.2) is 5.76 Å². The zero-order valence-electron chi connectivity index (χ0n) is 13.1. The number of carbonyl (C=O) groups is 2. The maximum atomic E-state index is 12.2. The highest BCUT2D eigenvalue weighted by Crippen LogP contribution is 2.22. The molecule has 0 saturated heterocycles. The van der Waals surface area contributed by atoms with Gasteiger partial charge in [0.25, 0.3) is 5.91 Å². The normalized spacial score (nSPS) is 12.1. The number of ether oxygens (including phenoxy) is 1. The first-order valence-corrected chi connectivity index (χ1v) is 7.94. The van der Waals surface area contributed by atoms with E-state index in [4.69, 9.17) is 14.3 Å². The lowest BCUT2D eigenvalue weighted by Crippen LogP contribution is -2.26. The molecular weight excluding hydrogens is 320 g/mol. The lowest BCUT2D eigenvalue weighted by atomic mass is 10.3. The van der Waals surface area contributed by atoms with E-state index in [1.807, 2.05) is 19.2 Å². The number of hydrogen-bond acceptors (Lipinski definition) is 6. The summed E-state index contributed by atoms with van der Waals surface area (Å²) in [5, 5.41) is 11.5. The molecule has 0 bridgehead atoms. The van der Waals surface area contributed by atoms with Gasteiger partial charge in [0.05, 0.1) is 12.2 Å². The summed E-state index contributed by atoms with van der Waals surface area (Å²) in [7, 11) is 1.61. The molecule has 1 unspecified atom stereocenters. The van der Waals surface area contributed by atoms with E-state index in [2.05, 4.69) is 4.98 Å². The van der Waals surface area contributed by atoms with Crippen molar-refractivity contribution in [3.8, 4) is 0 Å². The smallest absolute Gasteiger partial charge is 0.371 e. The monoisotopic (exact) mass is 338 g/mol. The summed E-state index contributed by atoms with van der Waals surface area (Å²) >= 11 is 1.48. The predicted molar refractivity (Wildman–Crippen MR) is 83.6 cm³/mol. The summed E-state index contributed by atoms with van der Waals surface area (Å²) in [4.78, 5) is 28.9. The highest BCUT2D eigenvalue weighted by atomic mass is 32.1. The average molecular weight is 338 g/mol. The van der Waals surface area contributed by atoms with Crippen LogP contribution in [0.3, 0.4) is 0 Å². The van der Waals surface area contributed by atoms with Gasteiger partial charge in [-0.15, -0.1) is 11.3 Å². The van der Waals surface area contributed by atoms with Gasteiger partial charge in [-0.3, -0.25) is 4.79 Å². The van der Waals surface area contributed by atoms with Gasteiger partial charge < -0.3 is 19.2 Å². The first-order chi connectivity index (χ1) is 10.9. The summed E-state index contributed by atoms with van der Waals surface area (Å²) in [6, 6.07) is 2.61. The fourth-order valence-electron chi connectivity index (χ4n) is 1.97. The molecule has 0 aliphatic rings. The first-order valence-electron chi connectivity index (χ1n) is 7.06. The van der Waals surface area contributed by atoms with Gasteiger partial charge in [0.1, 0.15) is 11.1 Å². The molecule has 1 amide bonds. The van der Waals surface area contributed by atoms with Gasteiger partial charge in [-0.1, -0.05) is 0 Å². The number of hydrogen-bond donors (Lipinski definition) is 1. The van der Waals surface area contributed by atoms with Crippen LogP contribution in [-0.4, -0.2) is 40.5 Å². The van der Waals surface area contributed by atoms with Gasteiger partial charge in [-0.25, -0.2) is 9.78 Å². The summed E-state index contributed by atoms with van der Waals surface area (Å²) < 4.78 is 10.5. The molecule has 0 saturated carbocycles. The second-order valence-corrected chi connectivity index (χ2v) is 5.79. The van der Waals surface area contributed by atoms with E-state index >= 15 is 0 Å². The molecule has 7 nitrogen and oxygen atoms in total. The number of aromatic carboxylic acids is 1. The zero-order chi connectivity index (χ0) is 17.0. The van der Waals surface area contributed by atoms with Crippen molar-refractivity contribution in [1.29, 1.82) is 0 Å². The van der Waals surface area contributed by atoms with E-state index in [0.717, 1.165) is 10.7 Å². The quantitative estimate of drug-likeness (QED) is 0.834. The molecule has 0 aliphatic heterocycles. The van der Waals surface area contributed by atoms with Crippen LogP contribution in [0.2, 0.25) is 0 Å². The van der Waals surface area contributed by atoms with Crippen LogP contribution in [0.5, 0.6) is 0 Å². The second-order valence-electron chi connectivity index (χ2n) is 4.90. The van der Waals surface area contributed by atoms with Gasteiger partial charge in [0, 0.05) is 19.0 Å². The molecule has 8 heteroatoms. The average Bonchev–Trinajstić information content (AvgIpc) is 3.15. The maximum Gasteiger partial charge on any atom is 0.371 e. The van der Waals surface area contributed by atoms with Crippen LogP contribution in [0.25, 0.3) is 0 Å². The molecule has 0 spiro atoms. The van der Waals surface area contributed by atoms with Crippen LogP contribution in [0.1, 0.15) is 51.8 Å². The van der Waals surface area contributed by atoms with E-state index < -0.39 is 11.9 Å². The number of aromatic nitrogens is 1. The number of carbonyl (C=O) groups excluding carboxylic acids is 1. The van der Waals surface area contributed by atoms with Gasteiger partial charge in [-0.05, 0) is 26.0 Å². The minimum absolute atomic E-state index is 0.0111. The molecule has 1 atom stereocenters. The second kappa shape index (κ2) is 7.38. The van der Waals surface area contributed by atoms with Crippen LogP contribution < -0.4 is 0 Å². The number of thiazole rings is 1. The Morgan fingerprint density at radius 1 is 1.43 bits per heavy atom. The van der Waals surface area contributed by atoms with Crippen molar-refractivity contribution in [2.24, 2.45) is 0 Å². The number of furan rings is 1. The molecular formula is C15H18N2O5S. The number of carboxylic acid groups (broad SMARTS) is 1. The van der Waals surface area contributed by atoms with E-state index in [-0.39, 0.29) is 17.6 Å². The zero-order valence-corrected chi connectivity index (χ0v) is 13.9. The van der Waals surface area contributed by atoms with Crippen molar-refractivity contribution in [2.75, 3.05) is 13.7 Å². The van der Waals surface area contributed by atoms with Crippen molar-refractivity contribution in [3.05, 3.63) is 39.7 Å². The Bertz CT molecular complexity index is 694. The van der Waals surface area contributed by atoms with Crippen LogP contribution in [0, 0.1) is 0 Å². The number of amides is 1. The van der Waals surface area contributed by atoms with Crippen molar-refractivity contribution in [2.45, 2.75) is 26.5 Å². The Morgan fingerprint density at radius 2 is 2.13 bits per heavy atom. The third-order valence-electron chi connectivity index (χ3n) is 3.11. The largest absolute Gasteiger partial charge is 0.475 e. The Labute approximate surface area is 137 Å². The number of nitrogens with zero attached hydrogens (tertiary/aromatic N) is 2. The summed E-state index contributed by atoms with van der Waals surface area (Å²) in [5.41, 5.74) is 0.748. The fraction of sp³-hybridized carbons (Fsp3) is 0.400. The minimum atomic E-state index is -1.21. The third kappa shape index (κ3) is 4.17. The van der Waals surface area contributed by atoms with E-state index in [1.54, 1.807) is 7.05 Å². The Morgan fingerprint density at radius 3 is 2.74 bits per heavy atom. The molecule has 1 N–H and O–H groups in total. The van der Waals surface area contributed by atoms with Gasteiger partial charge in [0.2, 0.25) is 5.76 Å². The molecule has 2 rings (SSSR count). The summed E-state index contributed by atoms with van der Waals surface area (Å²) in [6.45, 7) is 4.76. The molecule has 2 aromatic heterocycles. The van der Waals surface area contributed by atoms with Crippen LogP contribution in [0.4, 0.5) is 0 Å². The standard InChI is InChI=1S/C15H18N2O5S/c1-4-21-9(2)13-16-10(8-23-13)7-17(3)14(18)11-5-6-12(22-11)15(19)20/h5-6,8-9H,4,7H2,1-3H3,(H,19,20). The highest BCUT2D eigenvalue weighted by molar-refractivity contribution is 7.09. The van der Waals surface area contributed by atoms with Crippen molar-refractivity contribution in [1.82, 2.24) is 9.88 Å². The molecule has 0 aliphatic carbocycles. The lowest BCUT2D eigenvalue weighted by Gasteiger charge is -2.14. The minimum Gasteiger partial charge on any atom is -0.475 e. The van der Waals surface area contributed by atoms with Crippen molar-refractivity contribution < 1.29 is 23.8 Å². The van der Waals surface area contributed by atoms with Gasteiger partial charge >= 0.3 is 5.97 Å². The van der Waals surface area contributed by atoms with Crippen molar-refractivity contribution in [3.63, 3.8) is 0 Å². The van der Waals surface area contributed by atoms with Crippen molar-refractivity contribution >= 4 is 23.2 Å². The Hall–Kier alpha value is -2.19. The van der Waals surface area contributed by atoms with Crippen LogP contribution in [0.15, 0.2) is 21.9 Å².